The summed E-state index contributed by atoms with van der Waals surface area (Å²) in [5, 5.41) is 2.75. The first-order chi connectivity index (χ1) is 9.59. The summed E-state index contributed by atoms with van der Waals surface area (Å²) in [5.41, 5.74) is -2.58. The van der Waals surface area contributed by atoms with Gasteiger partial charge in [0.15, 0.2) is 0 Å². The second-order valence-electron chi connectivity index (χ2n) is 4.34. The zero-order valence-corrected chi connectivity index (χ0v) is 12.2. The normalized spacial score (nSPS) is 14.3. The highest BCUT2D eigenvalue weighted by Crippen LogP contribution is 2.37. The molecule has 1 rings (SSSR count). The molecule has 0 aromatic heterocycles. The zero-order chi connectivity index (χ0) is 16.3. The molecule has 0 fully saturated rings. The molecular weight excluding hydrogens is 316 g/mol. The molecule has 0 saturated heterocycles. The van der Waals surface area contributed by atoms with Crippen molar-refractivity contribution in [2.45, 2.75) is 25.3 Å². The maximum Gasteiger partial charge on any atom is 0.416 e. The summed E-state index contributed by atoms with van der Waals surface area (Å²) >= 11 is 1.44. The molecule has 0 aliphatic rings. The summed E-state index contributed by atoms with van der Waals surface area (Å²) in [7, 11) is 1.51. The number of hydrogen-bond donors (Lipinski definition) is 1. The van der Waals surface area contributed by atoms with Crippen molar-refractivity contribution in [2.24, 2.45) is 0 Å². The minimum absolute atomic E-state index is 0.0133. The smallest absolute Gasteiger partial charge is 0.312 e. The molecule has 21 heavy (non-hydrogen) atoms. The molecule has 0 bridgehead atoms. The lowest BCUT2D eigenvalue weighted by molar-refractivity contribution is -0.143. The number of alkyl halides is 6. The molecule has 0 spiro atoms. The van der Waals surface area contributed by atoms with Crippen LogP contribution in [0.1, 0.15) is 29.7 Å². The summed E-state index contributed by atoms with van der Waals surface area (Å²) in [6, 6.07) is 1.11. The van der Waals surface area contributed by atoms with Crippen molar-refractivity contribution in [2.75, 3.05) is 18.6 Å². The van der Waals surface area contributed by atoms with Crippen molar-refractivity contribution in [1.82, 2.24) is 5.32 Å². The van der Waals surface area contributed by atoms with Crippen molar-refractivity contribution >= 4 is 11.8 Å². The molecule has 1 aromatic carbocycles. The maximum atomic E-state index is 12.8. The Hall–Kier alpha value is -0.890. The minimum Gasteiger partial charge on any atom is -0.312 e. The van der Waals surface area contributed by atoms with E-state index in [9.17, 15) is 26.3 Å². The van der Waals surface area contributed by atoms with Gasteiger partial charge in [0, 0.05) is 11.8 Å². The Morgan fingerprint density at radius 3 is 1.81 bits per heavy atom. The van der Waals surface area contributed by atoms with E-state index in [-0.39, 0.29) is 11.6 Å². The van der Waals surface area contributed by atoms with Crippen LogP contribution in [0.2, 0.25) is 0 Å². The third-order valence-corrected chi connectivity index (χ3v) is 3.83. The fourth-order valence-electron chi connectivity index (χ4n) is 1.76. The Kier molecular flexibility index (Phi) is 5.98. The summed E-state index contributed by atoms with van der Waals surface area (Å²) in [6.07, 6.45) is -9.63. The van der Waals surface area contributed by atoms with Crippen LogP contribution in [-0.2, 0) is 12.4 Å². The van der Waals surface area contributed by atoms with Gasteiger partial charge < -0.3 is 5.32 Å². The predicted octanol–water partition coefficient (Wildman–Crippen LogP) is 4.74. The number of thioether (sulfide) groups is 1. The van der Waals surface area contributed by atoms with Crippen molar-refractivity contribution in [3.8, 4) is 0 Å². The Bertz CT molecular complexity index is 436. The fraction of sp³-hybridized carbons (Fsp3) is 0.538. The van der Waals surface area contributed by atoms with Crippen LogP contribution in [0.5, 0.6) is 0 Å². The molecule has 1 nitrogen and oxygen atoms in total. The molecule has 1 N–H and O–H groups in total. The summed E-state index contributed by atoms with van der Waals surface area (Å²) in [4.78, 5) is 0. The summed E-state index contributed by atoms with van der Waals surface area (Å²) in [5.74, 6) is 1.12. The highest BCUT2D eigenvalue weighted by Gasteiger charge is 2.37. The molecular formula is C13H15F6NS. The SMILES string of the molecule is CCSCC(NC)c1cc(C(F)(F)F)cc(C(F)(F)F)c1. The maximum absolute atomic E-state index is 12.8. The van der Waals surface area contributed by atoms with Crippen LogP contribution in [0.3, 0.4) is 0 Å². The summed E-state index contributed by atoms with van der Waals surface area (Å²) in [6.45, 7) is 1.87. The number of nitrogens with one attached hydrogen (secondary N) is 1. The summed E-state index contributed by atoms with van der Waals surface area (Å²) < 4.78 is 76.6. The molecule has 0 amide bonds. The van der Waals surface area contributed by atoms with Crippen LogP contribution in [0, 0.1) is 0 Å². The number of hydrogen-bond acceptors (Lipinski definition) is 2. The van der Waals surface area contributed by atoms with Gasteiger partial charge in [-0.05, 0) is 36.6 Å². The standard InChI is InChI=1S/C13H15F6NS/c1-3-21-7-11(20-2)8-4-9(12(14,15)16)6-10(5-8)13(17,18)19/h4-6,11,20H,3,7H2,1-2H3. The second-order valence-corrected chi connectivity index (χ2v) is 5.66. The third kappa shape index (κ3) is 5.10. The molecule has 0 heterocycles. The highest BCUT2D eigenvalue weighted by atomic mass is 32.2. The Balaban J connectivity index is 3.30. The van der Waals surface area contributed by atoms with Crippen LogP contribution in [-0.4, -0.2) is 18.6 Å². The Labute approximate surface area is 123 Å². The van der Waals surface area contributed by atoms with E-state index in [1.807, 2.05) is 6.92 Å². The van der Waals surface area contributed by atoms with Gasteiger partial charge in [0.05, 0.1) is 11.1 Å². The number of benzene rings is 1. The third-order valence-electron chi connectivity index (χ3n) is 2.85. The predicted molar refractivity (Wildman–Crippen MR) is 71.2 cm³/mol. The lowest BCUT2D eigenvalue weighted by Gasteiger charge is -2.20. The molecule has 0 aliphatic heterocycles. The molecule has 0 radical (unpaired) electrons. The van der Waals surface area contributed by atoms with E-state index in [0.29, 0.717) is 5.75 Å². The fourth-order valence-corrected chi connectivity index (χ4v) is 2.59. The van der Waals surface area contributed by atoms with E-state index in [1.165, 1.54) is 18.8 Å². The number of rotatable bonds is 5. The first kappa shape index (κ1) is 18.2. The average molecular weight is 331 g/mol. The van der Waals surface area contributed by atoms with Crippen molar-refractivity contribution in [3.05, 3.63) is 34.9 Å². The van der Waals surface area contributed by atoms with Crippen LogP contribution in [0.4, 0.5) is 26.3 Å². The Morgan fingerprint density at radius 1 is 1.00 bits per heavy atom. The van der Waals surface area contributed by atoms with Gasteiger partial charge >= 0.3 is 12.4 Å². The van der Waals surface area contributed by atoms with Crippen molar-refractivity contribution in [1.29, 1.82) is 0 Å². The Morgan fingerprint density at radius 2 is 1.48 bits per heavy atom. The molecule has 8 heteroatoms. The molecule has 1 aromatic rings. The largest absolute Gasteiger partial charge is 0.416 e. The van der Waals surface area contributed by atoms with Gasteiger partial charge in [-0.15, -0.1) is 0 Å². The lowest BCUT2D eigenvalue weighted by atomic mass is 10.0. The first-order valence-electron chi connectivity index (χ1n) is 6.14. The van der Waals surface area contributed by atoms with Gasteiger partial charge in [-0.1, -0.05) is 6.92 Å². The topological polar surface area (TPSA) is 12.0 Å². The van der Waals surface area contributed by atoms with Gasteiger partial charge in [-0.25, -0.2) is 0 Å². The van der Waals surface area contributed by atoms with Gasteiger partial charge in [0.25, 0.3) is 0 Å². The van der Waals surface area contributed by atoms with Gasteiger partial charge in [0.1, 0.15) is 0 Å². The minimum atomic E-state index is -4.81. The van der Waals surface area contributed by atoms with Crippen LogP contribution in [0.15, 0.2) is 18.2 Å². The molecule has 120 valence electrons. The van der Waals surface area contributed by atoms with Crippen LogP contribution in [0.25, 0.3) is 0 Å². The lowest BCUT2D eigenvalue weighted by Crippen LogP contribution is -2.21. The van der Waals surface area contributed by atoms with Crippen LogP contribution < -0.4 is 5.32 Å². The number of halogens is 6. The second kappa shape index (κ2) is 6.91. The van der Waals surface area contributed by atoms with Gasteiger partial charge in [0.2, 0.25) is 0 Å². The van der Waals surface area contributed by atoms with E-state index in [0.717, 1.165) is 17.9 Å². The first-order valence-corrected chi connectivity index (χ1v) is 7.29. The molecule has 1 atom stereocenters. The monoisotopic (exact) mass is 331 g/mol. The molecule has 0 aliphatic carbocycles. The van der Waals surface area contributed by atoms with Gasteiger partial charge in [-0.2, -0.15) is 38.1 Å². The molecule has 1 unspecified atom stereocenters. The van der Waals surface area contributed by atoms with E-state index >= 15 is 0 Å². The van der Waals surface area contributed by atoms with Gasteiger partial charge in [-0.3, -0.25) is 0 Å². The average Bonchev–Trinajstić information content (AvgIpc) is 2.37. The van der Waals surface area contributed by atoms with E-state index in [4.69, 9.17) is 0 Å². The zero-order valence-electron chi connectivity index (χ0n) is 11.4. The van der Waals surface area contributed by atoms with E-state index in [1.54, 1.807) is 0 Å². The van der Waals surface area contributed by atoms with E-state index in [2.05, 4.69) is 5.32 Å². The quantitative estimate of drug-likeness (QED) is 0.782. The van der Waals surface area contributed by atoms with Crippen molar-refractivity contribution in [3.63, 3.8) is 0 Å². The van der Waals surface area contributed by atoms with Crippen molar-refractivity contribution < 1.29 is 26.3 Å². The van der Waals surface area contributed by atoms with Crippen LogP contribution >= 0.6 is 11.8 Å². The van der Waals surface area contributed by atoms with E-state index < -0.39 is 29.5 Å². The molecule has 0 saturated carbocycles. The highest BCUT2D eigenvalue weighted by molar-refractivity contribution is 7.99.